The van der Waals surface area contributed by atoms with Gasteiger partial charge in [0, 0.05) is 6.20 Å². The van der Waals surface area contributed by atoms with E-state index in [0.29, 0.717) is 12.0 Å². The second kappa shape index (κ2) is 3.87. The van der Waals surface area contributed by atoms with Crippen molar-refractivity contribution in [2.45, 2.75) is 0 Å². The molecule has 1 aromatic heterocycles. The minimum atomic E-state index is -0.529. The fourth-order valence-corrected chi connectivity index (χ4v) is 1.56. The number of aromatic nitrogens is 1. The van der Waals surface area contributed by atoms with Crippen molar-refractivity contribution >= 4 is 17.9 Å². The zero-order valence-electron chi connectivity index (χ0n) is 7.65. The second-order valence-corrected chi connectivity index (χ2v) is 3.40. The lowest BCUT2D eigenvalue weighted by Gasteiger charge is -2.07. The number of nitrogens with zero attached hydrogens (tertiary/aromatic N) is 1. The van der Waals surface area contributed by atoms with E-state index in [-0.39, 0.29) is 10.7 Å². The molecular weight excluding hydrogens is 217 g/mol. The van der Waals surface area contributed by atoms with Gasteiger partial charge in [-0.15, -0.1) is 0 Å². The summed E-state index contributed by atoms with van der Waals surface area (Å²) in [5.41, 5.74) is 0.658. The van der Waals surface area contributed by atoms with Crippen LogP contribution in [-0.2, 0) is 0 Å². The van der Waals surface area contributed by atoms with E-state index in [9.17, 15) is 9.18 Å². The number of benzene rings is 1. The molecule has 2 rings (SSSR count). The van der Waals surface area contributed by atoms with E-state index in [1.165, 1.54) is 10.6 Å². The summed E-state index contributed by atoms with van der Waals surface area (Å²) in [6.45, 7) is 0. The first-order valence-corrected chi connectivity index (χ1v) is 4.69. The lowest BCUT2D eigenvalue weighted by molar-refractivity contribution is 0.111. The van der Waals surface area contributed by atoms with Gasteiger partial charge in [-0.1, -0.05) is 17.7 Å². The summed E-state index contributed by atoms with van der Waals surface area (Å²) in [6.07, 6.45) is 2.28. The number of rotatable bonds is 2. The first kappa shape index (κ1) is 9.93. The Hall–Kier alpha value is -1.61. The molecule has 76 valence electrons. The van der Waals surface area contributed by atoms with Gasteiger partial charge in [0.05, 0.1) is 16.4 Å². The lowest BCUT2D eigenvalue weighted by atomic mass is 10.3. The van der Waals surface area contributed by atoms with Crippen LogP contribution < -0.4 is 0 Å². The van der Waals surface area contributed by atoms with E-state index in [0.717, 1.165) is 0 Å². The quantitative estimate of drug-likeness (QED) is 0.717. The minimum Gasteiger partial charge on any atom is -0.311 e. The molecule has 2 aromatic rings. The van der Waals surface area contributed by atoms with E-state index >= 15 is 0 Å². The van der Waals surface area contributed by atoms with Gasteiger partial charge in [-0.2, -0.15) is 0 Å². The summed E-state index contributed by atoms with van der Waals surface area (Å²) in [6, 6.07) is 7.94. The van der Waals surface area contributed by atoms with Gasteiger partial charge in [0.2, 0.25) is 0 Å². The van der Waals surface area contributed by atoms with Crippen molar-refractivity contribution in [3.8, 4) is 5.69 Å². The third-order valence-electron chi connectivity index (χ3n) is 2.09. The molecular formula is C11H7ClFNO. The van der Waals surface area contributed by atoms with Gasteiger partial charge < -0.3 is 4.57 Å². The van der Waals surface area contributed by atoms with Crippen LogP contribution >= 0.6 is 11.6 Å². The molecule has 0 aliphatic carbocycles. The molecule has 0 N–H and O–H groups in total. The normalized spacial score (nSPS) is 10.3. The molecule has 1 aromatic carbocycles. The summed E-state index contributed by atoms with van der Waals surface area (Å²) in [5.74, 6) is -0.529. The molecule has 0 unspecified atom stereocenters. The average molecular weight is 224 g/mol. The largest absolute Gasteiger partial charge is 0.311 e. The number of aldehydes is 1. The summed E-state index contributed by atoms with van der Waals surface area (Å²) in [7, 11) is 0. The van der Waals surface area contributed by atoms with E-state index in [1.54, 1.807) is 30.5 Å². The van der Waals surface area contributed by atoms with Crippen LogP contribution in [0, 0.1) is 5.82 Å². The summed E-state index contributed by atoms with van der Waals surface area (Å²) < 4.78 is 15.1. The number of halogens is 2. The molecule has 1 heterocycles. The Balaban J connectivity index is 2.64. The Morgan fingerprint density at radius 2 is 2.07 bits per heavy atom. The topological polar surface area (TPSA) is 22.0 Å². The molecule has 4 heteroatoms. The number of carbonyl (C=O) groups is 1. The van der Waals surface area contributed by atoms with Crippen LogP contribution in [0.1, 0.15) is 10.5 Å². The number of hydrogen-bond acceptors (Lipinski definition) is 1. The molecule has 2 nitrogen and oxygen atoms in total. The Morgan fingerprint density at radius 3 is 2.80 bits per heavy atom. The SMILES string of the molecule is O=Cc1cccn1-c1cccc(Cl)c1F. The molecule has 0 saturated carbocycles. The highest BCUT2D eigenvalue weighted by molar-refractivity contribution is 6.30. The van der Waals surface area contributed by atoms with Gasteiger partial charge in [-0.05, 0) is 24.3 Å². The molecule has 0 saturated heterocycles. The Kier molecular flexibility index (Phi) is 2.56. The highest BCUT2D eigenvalue weighted by atomic mass is 35.5. The molecule has 0 atom stereocenters. The summed E-state index contributed by atoms with van der Waals surface area (Å²) in [5, 5.41) is 0.0399. The molecule has 0 bridgehead atoms. The Morgan fingerprint density at radius 1 is 1.27 bits per heavy atom. The van der Waals surface area contributed by atoms with Crippen LogP contribution in [0.15, 0.2) is 36.5 Å². The van der Waals surface area contributed by atoms with Gasteiger partial charge in [-0.3, -0.25) is 4.79 Å². The molecule has 0 radical (unpaired) electrons. The van der Waals surface area contributed by atoms with Crippen molar-refractivity contribution in [3.63, 3.8) is 0 Å². The van der Waals surface area contributed by atoms with Gasteiger partial charge in [-0.25, -0.2) is 4.39 Å². The second-order valence-electron chi connectivity index (χ2n) is 2.99. The maximum atomic E-state index is 13.6. The molecule has 15 heavy (non-hydrogen) atoms. The van der Waals surface area contributed by atoms with E-state index in [4.69, 9.17) is 11.6 Å². The van der Waals surface area contributed by atoms with Gasteiger partial charge in [0.25, 0.3) is 0 Å². The van der Waals surface area contributed by atoms with Crippen LogP contribution in [0.3, 0.4) is 0 Å². The number of carbonyl (C=O) groups excluding carboxylic acids is 1. The fraction of sp³-hybridized carbons (Fsp3) is 0. The van der Waals surface area contributed by atoms with Crippen molar-refractivity contribution in [2.24, 2.45) is 0 Å². The van der Waals surface area contributed by atoms with Crippen LogP contribution in [0.2, 0.25) is 5.02 Å². The maximum Gasteiger partial charge on any atom is 0.166 e. The van der Waals surface area contributed by atoms with Crippen LogP contribution in [0.4, 0.5) is 4.39 Å². The minimum absolute atomic E-state index is 0.0399. The number of hydrogen-bond donors (Lipinski definition) is 0. The highest BCUT2D eigenvalue weighted by Crippen LogP contribution is 2.22. The smallest absolute Gasteiger partial charge is 0.166 e. The monoisotopic (exact) mass is 223 g/mol. The van der Waals surface area contributed by atoms with Gasteiger partial charge >= 0.3 is 0 Å². The summed E-state index contributed by atoms with van der Waals surface area (Å²) >= 11 is 5.65. The average Bonchev–Trinajstić information content (AvgIpc) is 2.70. The van der Waals surface area contributed by atoms with Crippen molar-refractivity contribution in [1.29, 1.82) is 0 Å². The van der Waals surface area contributed by atoms with Crippen LogP contribution in [-0.4, -0.2) is 10.9 Å². The molecule has 0 aliphatic heterocycles. The van der Waals surface area contributed by atoms with Crippen molar-refractivity contribution in [1.82, 2.24) is 4.57 Å². The molecule has 0 fully saturated rings. The predicted octanol–water partition coefficient (Wildman–Crippen LogP) is 3.08. The summed E-state index contributed by atoms with van der Waals surface area (Å²) in [4.78, 5) is 10.7. The van der Waals surface area contributed by atoms with E-state index in [1.807, 2.05) is 0 Å². The van der Waals surface area contributed by atoms with Crippen molar-refractivity contribution in [2.75, 3.05) is 0 Å². The molecule has 0 aliphatic rings. The van der Waals surface area contributed by atoms with Crippen molar-refractivity contribution in [3.05, 3.63) is 53.1 Å². The zero-order valence-corrected chi connectivity index (χ0v) is 8.41. The van der Waals surface area contributed by atoms with E-state index in [2.05, 4.69) is 0 Å². The zero-order chi connectivity index (χ0) is 10.8. The third-order valence-corrected chi connectivity index (χ3v) is 2.38. The highest BCUT2D eigenvalue weighted by Gasteiger charge is 2.09. The predicted molar refractivity (Wildman–Crippen MR) is 56.1 cm³/mol. The Labute approximate surface area is 90.9 Å². The van der Waals surface area contributed by atoms with Crippen LogP contribution in [0.5, 0.6) is 0 Å². The standard InChI is InChI=1S/C11H7ClFNO/c12-9-4-1-5-10(11(9)13)14-6-2-3-8(14)7-15/h1-7H. The lowest BCUT2D eigenvalue weighted by Crippen LogP contribution is -2.00. The first-order valence-electron chi connectivity index (χ1n) is 4.31. The fourth-order valence-electron chi connectivity index (χ4n) is 1.39. The van der Waals surface area contributed by atoms with E-state index < -0.39 is 5.82 Å². The third kappa shape index (κ3) is 1.66. The van der Waals surface area contributed by atoms with Crippen LogP contribution in [0.25, 0.3) is 5.69 Å². The Bertz CT molecular complexity index is 507. The molecule has 0 spiro atoms. The first-order chi connectivity index (χ1) is 7.24. The van der Waals surface area contributed by atoms with Gasteiger partial charge in [0.1, 0.15) is 0 Å². The molecule has 0 amide bonds. The van der Waals surface area contributed by atoms with Gasteiger partial charge in [0.15, 0.2) is 12.1 Å². The van der Waals surface area contributed by atoms with Crippen molar-refractivity contribution < 1.29 is 9.18 Å². The maximum absolute atomic E-state index is 13.6.